The standard InChI is InChI=1S/C35H44FN3O4/c1-21-18-34(4)28(13-15-35(34,31(41)38-5)43-30(40)27-7-6-16-42-27)32(2)14-12-23-17-26(39-25-10-8-24(36)9-11-25)22(20-37)19-33(23,3)29(21)32/h6-11,16-17,20-21,28-29,31,38,41H,12-15,18-19,37H2,1-5H3/t21-,28-,29-,31?,32-,33-,34-,35-/m0/s1. The number of fused-ring (bicyclic) bond motifs is 5. The maximum atomic E-state index is 13.5. The molecule has 7 nitrogen and oxygen atoms in total. The number of carbonyl (C=O) groups excluding carboxylic acids is 1. The lowest BCUT2D eigenvalue weighted by Gasteiger charge is -2.67. The number of hydrogen-bond donors (Lipinski definition) is 3. The Kier molecular flexibility index (Phi) is 7.24. The molecule has 1 heterocycles. The average molecular weight is 590 g/mol. The number of aliphatic hydroxyl groups is 1. The summed E-state index contributed by atoms with van der Waals surface area (Å²) in [5.41, 5.74) is 8.43. The van der Waals surface area contributed by atoms with Crippen LogP contribution in [-0.4, -0.2) is 35.7 Å². The number of esters is 1. The summed E-state index contributed by atoms with van der Waals surface area (Å²) in [6, 6.07) is 9.51. The number of halogens is 1. The molecule has 4 aliphatic carbocycles. The van der Waals surface area contributed by atoms with Crippen LogP contribution < -0.4 is 11.1 Å². The number of nitrogens with zero attached hydrogens (tertiary/aromatic N) is 1. The number of nitrogens with one attached hydrogen (secondary N) is 1. The van der Waals surface area contributed by atoms with Crippen molar-refractivity contribution in [3.63, 3.8) is 0 Å². The van der Waals surface area contributed by atoms with Crippen molar-refractivity contribution in [1.29, 1.82) is 0 Å². The molecule has 2 aromatic rings. The van der Waals surface area contributed by atoms with Crippen molar-refractivity contribution in [2.75, 3.05) is 7.05 Å². The monoisotopic (exact) mass is 589 g/mol. The second-order valence-electron chi connectivity index (χ2n) is 14.1. The summed E-state index contributed by atoms with van der Waals surface area (Å²) in [6.45, 7) is 9.38. The molecular formula is C35H44FN3O4. The summed E-state index contributed by atoms with van der Waals surface area (Å²) < 4.78 is 25.3. The van der Waals surface area contributed by atoms with E-state index in [0.717, 1.165) is 43.4 Å². The van der Waals surface area contributed by atoms with Crippen LogP contribution in [0, 0.1) is 39.8 Å². The highest BCUT2D eigenvalue weighted by molar-refractivity contribution is 6.11. The van der Waals surface area contributed by atoms with Crippen LogP contribution in [0.5, 0.6) is 0 Å². The average Bonchev–Trinajstić information content (AvgIpc) is 3.61. The van der Waals surface area contributed by atoms with Crippen LogP contribution >= 0.6 is 0 Å². The zero-order valence-corrected chi connectivity index (χ0v) is 25.8. The molecule has 6 rings (SSSR count). The lowest BCUT2D eigenvalue weighted by Crippen LogP contribution is -2.66. The quantitative estimate of drug-likeness (QED) is 0.265. The van der Waals surface area contributed by atoms with E-state index in [0.29, 0.717) is 18.0 Å². The van der Waals surface area contributed by atoms with E-state index in [4.69, 9.17) is 19.9 Å². The highest BCUT2D eigenvalue weighted by Crippen LogP contribution is 2.74. The van der Waals surface area contributed by atoms with Gasteiger partial charge in [0, 0.05) is 5.41 Å². The van der Waals surface area contributed by atoms with E-state index >= 15 is 0 Å². The predicted octanol–water partition coefficient (Wildman–Crippen LogP) is 6.68. The maximum Gasteiger partial charge on any atom is 0.374 e. The van der Waals surface area contributed by atoms with Gasteiger partial charge in [0.2, 0.25) is 5.76 Å². The molecule has 8 atom stereocenters. The summed E-state index contributed by atoms with van der Waals surface area (Å²) in [6.07, 6.45) is 9.28. The SMILES string of the molecule is CNC(O)[C@@]1(OC(=O)c2ccco2)CC[C@H]2[C@]3(C)CCC4=CC(=Nc5ccc(F)cc5)C(=CN)C[C@]4(C)[C@H]3[C@@H](C)C[C@@]21C. The van der Waals surface area contributed by atoms with E-state index in [1.54, 1.807) is 37.5 Å². The Labute approximate surface area is 253 Å². The van der Waals surface area contributed by atoms with Crippen molar-refractivity contribution < 1.29 is 23.4 Å². The van der Waals surface area contributed by atoms with E-state index in [-0.39, 0.29) is 34.2 Å². The van der Waals surface area contributed by atoms with Gasteiger partial charge in [-0.2, -0.15) is 0 Å². The summed E-state index contributed by atoms with van der Waals surface area (Å²) in [4.78, 5) is 18.2. The molecular weight excluding hydrogens is 545 g/mol. The number of allylic oxidation sites excluding steroid dienone is 3. The molecule has 0 aliphatic heterocycles. The summed E-state index contributed by atoms with van der Waals surface area (Å²) in [7, 11) is 1.72. The number of nitrogens with two attached hydrogens (primary N) is 1. The van der Waals surface area contributed by atoms with Gasteiger partial charge in [0.15, 0.2) is 5.60 Å². The number of rotatable bonds is 5. The maximum absolute atomic E-state index is 13.5. The van der Waals surface area contributed by atoms with Gasteiger partial charge in [0.05, 0.1) is 17.7 Å². The van der Waals surface area contributed by atoms with Crippen LogP contribution in [-0.2, 0) is 4.74 Å². The summed E-state index contributed by atoms with van der Waals surface area (Å²) in [5.74, 6) is 0.171. The third-order valence-corrected chi connectivity index (χ3v) is 11.9. The zero-order chi connectivity index (χ0) is 30.8. The molecule has 1 unspecified atom stereocenters. The molecule has 0 radical (unpaired) electrons. The Balaban J connectivity index is 1.38. The zero-order valence-electron chi connectivity index (χ0n) is 25.8. The molecule has 4 N–H and O–H groups in total. The summed E-state index contributed by atoms with van der Waals surface area (Å²) in [5, 5.41) is 14.5. The Hall–Kier alpha value is -3.23. The molecule has 0 bridgehead atoms. The highest BCUT2D eigenvalue weighted by Gasteiger charge is 2.73. The van der Waals surface area contributed by atoms with Crippen molar-refractivity contribution in [3.05, 3.63) is 77.7 Å². The first-order valence-corrected chi connectivity index (χ1v) is 15.5. The van der Waals surface area contributed by atoms with Gasteiger partial charge in [-0.05, 0) is 128 Å². The lowest BCUT2D eigenvalue weighted by atomic mass is 9.38. The third kappa shape index (κ3) is 4.35. The molecule has 4 aliphatic rings. The minimum Gasteiger partial charge on any atom is -0.457 e. The Morgan fingerprint density at radius 1 is 1.23 bits per heavy atom. The first-order valence-electron chi connectivity index (χ1n) is 15.5. The normalized spacial score (nSPS) is 39.5. The molecule has 0 saturated heterocycles. The summed E-state index contributed by atoms with van der Waals surface area (Å²) >= 11 is 0. The number of ether oxygens (including phenoxy) is 1. The second-order valence-corrected chi connectivity index (χ2v) is 14.1. The molecule has 1 aromatic heterocycles. The van der Waals surface area contributed by atoms with Crippen molar-refractivity contribution >= 4 is 17.4 Å². The lowest BCUT2D eigenvalue weighted by molar-refractivity contribution is -0.215. The Morgan fingerprint density at radius 3 is 2.63 bits per heavy atom. The van der Waals surface area contributed by atoms with E-state index in [1.165, 1.54) is 24.0 Å². The minimum absolute atomic E-state index is 0.0594. The van der Waals surface area contributed by atoms with Crippen LogP contribution in [0.4, 0.5) is 10.1 Å². The number of hydrogen-bond acceptors (Lipinski definition) is 7. The predicted molar refractivity (Wildman–Crippen MR) is 164 cm³/mol. The molecule has 0 spiro atoms. The largest absolute Gasteiger partial charge is 0.457 e. The van der Waals surface area contributed by atoms with Crippen LogP contribution in [0.15, 0.2) is 75.5 Å². The van der Waals surface area contributed by atoms with Gasteiger partial charge in [-0.15, -0.1) is 0 Å². The van der Waals surface area contributed by atoms with Gasteiger partial charge >= 0.3 is 5.97 Å². The van der Waals surface area contributed by atoms with Gasteiger partial charge in [-0.3, -0.25) is 5.32 Å². The number of likely N-dealkylation sites (N-methyl/N-ethyl adjacent to an activating group) is 1. The van der Waals surface area contributed by atoms with Crippen LogP contribution in [0.2, 0.25) is 0 Å². The molecule has 3 fully saturated rings. The van der Waals surface area contributed by atoms with Gasteiger partial charge in [-0.25, -0.2) is 14.2 Å². The fourth-order valence-electron chi connectivity index (χ4n) is 10.5. The van der Waals surface area contributed by atoms with Crippen molar-refractivity contribution in [1.82, 2.24) is 5.32 Å². The molecule has 230 valence electrons. The topological polar surface area (TPSA) is 110 Å². The van der Waals surface area contributed by atoms with Crippen molar-refractivity contribution in [3.8, 4) is 0 Å². The number of carbonyl (C=O) groups is 1. The van der Waals surface area contributed by atoms with Crippen molar-refractivity contribution in [2.24, 2.45) is 44.7 Å². The van der Waals surface area contributed by atoms with E-state index in [1.807, 2.05) is 0 Å². The molecule has 8 heteroatoms. The minimum atomic E-state index is -1.10. The van der Waals surface area contributed by atoms with Gasteiger partial charge in [-0.1, -0.05) is 33.3 Å². The van der Waals surface area contributed by atoms with E-state index < -0.39 is 23.2 Å². The number of benzene rings is 1. The van der Waals surface area contributed by atoms with Gasteiger partial charge in [0.1, 0.15) is 12.0 Å². The molecule has 3 saturated carbocycles. The third-order valence-electron chi connectivity index (χ3n) is 11.9. The van der Waals surface area contributed by atoms with Crippen molar-refractivity contribution in [2.45, 2.75) is 78.0 Å². The van der Waals surface area contributed by atoms with E-state index in [9.17, 15) is 14.3 Å². The first-order chi connectivity index (χ1) is 20.4. The first kappa shape index (κ1) is 29.8. The number of aliphatic hydroxyl groups excluding tert-OH is 1. The number of furan rings is 1. The Morgan fingerprint density at radius 2 is 1.98 bits per heavy atom. The molecule has 0 amide bonds. The fraction of sp³-hybridized carbons (Fsp3) is 0.543. The van der Waals surface area contributed by atoms with Crippen LogP contribution in [0.1, 0.15) is 76.8 Å². The second kappa shape index (κ2) is 10.4. The van der Waals surface area contributed by atoms with Crippen LogP contribution in [0.25, 0.3) is 0 Å². The van der Waals surface area contributed by atoms with Gasteiger partial charge in [0.25, 0.3) is 0 Å². The van der Waals surface area contributed by atoms with Crippen LogP contribution in [0.3, 0.4) is 0 Å². The molecule has 43 heavy (non-hydrogen) atoms. The van der Waals surface area contributed by atoms with Gasteiger partial charge < -0.3 is 20.0 Å². The highest BCUT2D eigenvalue weighted by atomic mass is 19.1. The smallest absolute Gasteiger partial charge is 0.374 e. The van der Waals surface area contributed by atoms with E-state index in [2.05, 4.69) is 39.1 Å². The number of aliphatic imine (C=N–C) groups is 1. The Bertz CT molecular complexity index is 1480. The fourth-order valence-corrected chi connectivity index (χ4v) is 10.5. The molecule has 1 aromatic carbocycles.